The first-order valence-electron chi connectivity index (χ1n) is 1.75. The Bertz CT molecular complexity index is 191. The molecule has 0 aliphatic carbocycles. The lowest BCUT2D eigenvalue weighted by Crippen LogP contribution is -2.22. The Hall–Kier alpha value is -0.710. The quantitative estimate of drug-likeness (QED) is 0.318. The number of amides is 1. The van der Waals surface area contributed by atoms with Crippen LogP contribution >= 0.6 is 7.60 Å². The molecule has 0 spiro atoms. The Morgan fingerprint density at radius 3 is 1.67 bits per heavy atom. The van der Waals surface area contributed by atoms with Gasteiger partial charge in [-0.1, -0.05) is 0 Å². The number of hydrogen-bond acceptors (Lipinski definition) is 3. The minimum atomic E-state index is -4.93. The van der Waals surface area contributed by atoms with Crippen LogP contribution in [-0.2, 0) is 14.2 Å². The molecule has 0 fully saturated rings. The van der Waals surface area contributed by atoms with E-state index in [0.29, 0.717) is 0 Å². The van der Waals surface area contributed by atoms with E-state index in [4.69, 9.17) is 9.79 Å². The van der Waals surface area contributed by atoms with Gasteiger partial charge >= 0.3 is 13.1 Å². The third kappa shape index (κ3) is 2.36. The summed E-state index contributed by atoms with van der Waals surface area (Å²) in [6.45, 7) is 0. The van der Waals surface area contributed by atoms with Crippen molar-refractivity contribution in [3.8, 4) is 0 Å². The first-order valence-corrected chi connectivity index (χ1v) is 3.37. The Labute approximate surface area is 49.8 Å². The molecule has 7 heteroatoms. The summed E-state index contributed by atoms with van der Waals surface area (Å²) in [6.07, 6.45) is 0. The van der Waals surface area contributed by atoms with E-state index in [9.17, 15) is 14.2 Å². The molecule has 4 N–H and O–H groups in total. The molecule has 0 heterocycles. The van der Waals surface area contributed by atoms with Gasteiger partial charge in [0.1, 0.15) is 0 Å². The predicted molar refractivity (Wildman–Crippen MR) is 26.2 cm³/mol. The van der Waals surface area contributed by atoms with Gasteiger partial charge in [-0.15, -0.1) is 0 Å². The first-order chi connectivity index (χ1) is 3.85. The number of primary amides is 1. The molecule has 0 unspecified atom stereocenters. The number of carbonyl (C=O) groups is 2. The highest BCUT2D eigenvalue weighted by Crippen LogP contribution is 2.34. The lowest BCUT2D eigenvalue weighted by molar-refractivity contribution is -0.132. The van der Waals surface area contributed by atoms with Crippen molar-refractivity contribution < 1.29 is 23.9 Å². The number of nitrogens with two attached hydrogens (primary N) is 1. The fourth-order valence-corrected chi connectivity index (χ4v) is 0.431. The second-order valence-electron chi connectivity index (χ2n) is 1.21. The lowest BCUT2D eigenvalue weighted by atomic mass is 10.7. The molecule has 0 aliphatic heterocycles. The van der Waals surface area contributed by atoms with Gasteiger partial charge in [-0.05, 0) is 0 Å². The molecule has 0 aromatic carbocycles. The van der Waals surface area contributed by atoms with E-state index in [1.54, 1.807) is 0 Å². The van der Waals surface area contributed by atoms with Gasteiger partial charge in [0.15, 0.2) is 0 Å². The first kappa shape index (κ1) is 8.29. The summed E-state index contributed by atoms with van der Waals surface area (Å²) in [6, 6.07) is 0. The molecule has 0 aromatic heterocycles. The Morgan fingerprint density at radius 2 is 1.67 bits per heavy atom. The van der Waals surface area contributed by atoms with E-state index in [0.717, 1.165) is 0 Å². The van der Waals surface area contributed by atoms with Crippen LogP contribution in [0.5, 0.6) is 0 Å². The van der Waals surface area contributed by atoms with Crippen molar-refractivity contribution in [1.82, 2.24) is 0 Å². The molecule has 6 nitrogen and oxygen atoms in total. The summed E-state index contributed by atoms with van der Waals surface area (Å²) in [7, 11) is -4.93. The van der Waals surface area contributed by atoms with E-state index in [1.807, 2.05) is 0 Å². The highest BCUT2D eigenvalue weighted by molar-refractivity contribution is 7.73. The van der Waals surface area contributed by atoms with Crippen LogP contribution in [0.15, 0.2) is 0 Å². The largest absolute Gasteiger partial charge is 0.401 e. The smallest absolute Gasteiger partial charge is 0.362 e. The van der Waals surface area contributed by atoms with Gasteiger partial charge < -0.3 is 15.5 Å². The van der Waals surface area contributed by atoms with Crippen LogP contribution in [-0.4, -0.2) is 21.2 Å². The molecule has 0 bridgehead atoms. The summed E-state index contributed by atoms with van der Waals surface area (Å²) in [4.78, 5) is 35.5. The Morgan fingerprint density at radius 1 is 1.33 bits per heavy atom. The molecule has 0 rings (SSSR count). The van der Waals surface area contributed by atoms with Crippen molar-refractivity contribution in [3.05, 3.63) is 0 Å². The molecule has 0 atom stereocenters. The van der Waals surface area contributed by atoms with E-state index >= 15 is 0 Å². The highest BCUT2D eigenvalue weighted by Gasteiger charge is 2.30. The maximum Gasteiger partial charge on any atom is 0.401 e. The second-order valence-corrected chi connectivity index (χ2v) is 2.71. The standard InChI is InChI=1S/C2H4NO5P/c3-1(4)2(5)9(6,7)8/h(H2,3,4)(H2,6,7,8). The average Bonchev–Trinajstić information content (AvgIpc) is 1.62. The normalized spacial score (nSPS) is 10.9. The van der Waals surface area contributed by atoms with Crippen LogP contribution < -0.4 is 5.73 Å². The van der Waals surface area contributed by atoms with Gasteiger partial charge in [-0.2, -0.15) is 0 Å². The third-order valence-electron chi connectivity index (χ3n) is 0.475. The fraction of sp³-hybridized carbons (Fsp3) is 0. The van der Waals surface area contributed by atoms with Crippen LogP contribution in [0.2, 0.25) is 0 Å². The average molecular weight is 153 g/mol. The molecule has 52 valence electrons. The van der Waals surface area contributed by atoms with Gasteiger partial charge in [-0.25, -0.2) is 0 Å². The zero-order valence-electron chi connectivity index (χ0n) is 4.14. The van der Waals surface area contributed by atoms with Gasteiger partial charge in [-0.3, -0.25) is 14.2 Å². The van der Waals surface area contributed by atoms with Crippen molar-refractivity contribution in [2.75, 3.05) is 0 Å². The molecule has 0 aliphatic rings. The van der Waals surface area contributed by atoms with Crippen LogP contribution in [0.3, 0.4) is 0 Å². The fourth-order valence-electron chi connectivity index (χ4n) is 0.144. The highest BCUT2D eigenvalue weighted by atomic mass is 31.2. The molecule has 0 aromatic rings. The summed E-state index contributed by atoms with van der Waals surface area (Å²) >= 11 is 0. The summed E-state index contributed by atoms with van der Waals surface area (Å²) in [5.41, 5.74) is 2.38. The van der Waals surface area contributed by atoms with Crippen molar-refractivity contribution >= 4 is 19.0 Å². The van der Waals surface area contributed by atoms with Crippen LogP contribution in [0.25, 0.3) is 0 Å². The number of hydrogen-bond donors (Lipinski definition) is 3. The van der Waals surface area contributed by atoms with Crippen molar-refractivity contribution in [2.24, 2.45) is 5.73 Å². The van der Waals surface area contributed by atoms with Crippen molar-refractivity contribution in [1.29, 1.82) is 0 Å². The molecule has 0 radical (unpaired) electrons. The molecule has 9 heavy (non-hydrogen) atoms. The van der Waals surface area contributed by atoms with Gasteiger partial charge in [0.2, 0.25) is 0 Å². The van der Waals surface area contributed by atoms with E-state index in [-0.39, 0.29) is 0 Å². The molecular weight excluding hydrogens is 149 g/mol. The van der Waals surface area contributed by atoms with Crippen LogP contribution in [0, 0.1) is 0 Å². The van der Waals surface area contributed by atoms with Gasteiger partial charge in [0.05, 0.1) is 0 Å². The van der Waals surface area contributed by atoms with Gasteiger partial charge in [0, 0.05) is 0 Å². The number of rotatable bonds is 2. The monoisotopic (exact) mass is 153 g/mol. The van der Waals surface area contributed by atoms with Crippen LogP contribution in [0.1, 0.15) is 0 Å². The summed E-state index contributed by atoms with van der Waals surface area (Å²) < 4.78 is 9.82. The van der Waals surface area contributed by atoms with Gasteiger partial charge in [0.25, 0.3) is 5.91 Å². The zero-order chi connectivity index (χ0) is 7.65. The Kier molecular flexibility index (Phi) is 2.08. The van der Waals surface area contributed by atoms with E-state index in [1.165, 1.54) is 0 Å². The minimum Gasteiger partial charge on any atom is -0.362 e. The Balaban J connectivity index is 4.43. The lowest BCUT2D eigenvalue weighted by Gasteiger charge is -1.94. The van der Waals surface area contributed by atoms with E-state index in [2.05, 4.69) is 5.73 Å². The zero-order valence-corrected chi connectivity index (χ0v) is 5.04. The van der Waals surface area contributed by atoms with Crippen molar-refractivity contribution in [2.45, 2.75) is 0 Å². The second kappa shape index (κ2) is 2.26. The molecule has 0 saturated heterocycles. The van der Waals surface area contributed by atoms with E-state index < -0.39 is 19.0 Å². The molecular formula is C2H4NO5P. The summed E-state index contributed by atoms with van der Waals surface area (Å²) in [5.74, 6) is -1.62. The predicted octanol–water partition coefficient (Wildman–Crippen LogP) is -1.82. The van der Waals surface area contributed by atoms with Crippen molar-refractivity contribution in [3.63, 3.8) is 0 Å². The molecule has 1 amide bonds. The SMILES string of the molecule is NC(=O)C(=O)P(=O)(O)O. The molecule has 0 saturated carbocycles. The minimum absolute atomic E-state index is 1.62. The van der Waals surface area contributed by atoms with Crippen LogP contribution in [0.4, 0.5) is 0 Å². The topological polar surface area (TPSA) is 118 Å². The third-order valence-corrected chi connectivity index (χ3v) is 1.22. The maximum absolute atomic E-state index is 9.93. The summed E-state index contributed by atoms with van der Waals surface area (Å²) in [5, 5.41) is 0. The number of carbonyl (C=O) groups excluding carboxylic acids is 2. The maximum atomic E-state index is 9.93.